The summed E-state index contributed by atoms with van der Waals surface area (Å²) in [4.78, 5) is 13.0. The van der Waals surface area contributed by atoms with Crippen molar-refractivity contribution in [3.63, 3.8) is 0 Å². The molecule has 9 nitrogen and oxygen atoms in total. The highest BCUT2D eigenvalue weighted by Gasteiger charge is 2.28. The quantitative estimate of drug-likeness (QED) is 0.473. The van der Waals surface area contributed by atoms with E-state index in [4.69, 9.17) is 4.74 Å². The summed E-state index contributed by atoms with van der Waals surface area (Å²) in [5.74, 6) is -0.192. The van der Waals surface area contributed by atoms with Crippen LogP contribution in [0, 0.1) is 0 Å². The molecule has 35 heavy (non-hydrogen) atoms. The minimum atomic E-state index is -3.76. The molecule has 1 fully saturated rings. The van der Waals surface area contributed by atoms with Crippen LogP contribution in [0.15, 0.2) is 82.6 Å². The molecule has 0 unspecified atom stereocenters. The number of sulfonamides is 2. The Kier molecular flexibility index (Phi) is 7.10. The van der Waals surface area contributed by atoms with Gasteiger partial charge in [0.2, 0.25) is 10.0 Å². The van der Waals surface area contributed by atoms with Crippen LogP contribution in [0.5, 0.6) is 5.75 Å². The molecule has 3 aromatic carbocycles. The summed E-state index contributed by atoms with van der Waals surface area (Å²) in [6, 6.07) is 18.2. The van der Waals surface area contributed by atoms with Gasteiger partial charge in [-0.15, -0.1) is 0 Å². The molecular formula is C24H25N3O6S2. The van der Waals surface area contributed by atoms with Gasteiger partial charge in [0.25, 0.3) is 15.9 Å². The van der Waals surface area contributed by atoms with Gasteiger partial charge in [-0.3, -0.25) is 9.52 Å². The normalized spacial score (nSPS) is 14.4. The summed E-state index contributed by atoms with van der Waals surface area (Å²) in [6.45, 7) is 0.937. The maximum absolute atomic E-state index is 12.9. The first-order chi connectivity index (χ1) is 16.7. The van der Waals surface area contributed by atoms with Gasteiger partial charge >= 0.3 is 0 Å². The van der Waals surface area contributed by atoms with E-state index in [1.165, 1.54) is 66.0 Å². The van der Waals surface area contributed by atoms with Gasteiger partial charge in [-0.25, -0.2) is 16.8 Å². The zero-order valence-electron chi connectivity index (χ0n) is 19.0. The first kappa shape index (κ1) is 24.7. The number of ether oxygens (including phenoxy) is 1. The fourth-order valence-corrected chi connectivity index (χ4v) is 6.34. The highest BCUT2D eigenvalue weighted by atomic mass is 32.2. The molecule has 184 valence electrons. The van der Waals surface area contributed by atoms with E-state index in [2.05, 4.69) is 10.0 Å². The van der Waals surface area contributed by atoms with Gasteiger partial charge in [0.15, 0.2) is 0 Å². The molecule has 0 saturated carbocycles. The monoisotopic (exact) mass is 515 g/mol. The van der Waals surface area contributed by atoms with Crippen LogP contribution >= 0.6 is 0 Å². The molecule has 1 aliphatic heterocycles. The Bertz CT molecular complexity index is 1420. The van der Waals surface area contributed by atoms with Crippen molar-refractivity contribution >= 4 is 37.3 Å². The van der Waals surface area contributed by atoms with Crippen LogP contribution in [0.2, 0.25) is 0 Å². The third-order valence-electron chi connectivity index (χ3n) is 5.57. The first-order valence-electron chi connectivity index (χ1n) is 10.9. The number of carbonyl (C=O) groups is 1. The Morgan fingerprint density at radius 2 is 1.51 bits per heavy atom. The van der Waals surface area contributed by atoms with Gasteiger partial charge in [0.05, 0.1) is 22.6 Å². The standard InChI is InChI=1S/C24H25N3O6S2/c1-33-23-14-13-21(35(31,32)27-15-5-6-16-27)17-22(23)25-24(28)18-9-11-19(12-10-18)26-34(29,30)20-7-3-2-4-8-20/h2-4,7-14,17,26H,5-6,15-16H2,1H3,(H,25,28). The zero-order chi connectivity index (χ0) is 25.1. The predicted octanol–water partition coefficient (Wildman–Crippen LogP) is 3.53. The fourth-order valence-electron chi connectivity index (χ4n) is 3.72. The number of anilines is 2. The van der Waals surface area contributed by atoms with E-state index in [0.29, 0.717) is 24.5 Å². The molecule has 1 aliphatic rings. The average molecular weight is 516 g/mol. The van der Waals surface area contributed by atoms with Crippen molar-refractivity contribution in [3.8, 4) is 5.75 Å². The van der Waals surface area contributed by atoms with Crippen molar-refractivity contribution in [1.29, 1.82) is 0 Å². The summed E-state index contributed by atoms with van der Waals surface area (Å²) in [5.41, 5.74) is 0.760. The lowest BCUT2D eigenvalue weighted by molar-refractivity contribution is 0.102. The minimum Gasteiger partial charge on any atom is -0.495 e. The lowest BCUT2D eigenvalue weighted by atomic mass is 10.2. The summed E-state index contributed by atoms with van der Waals surface area (Å²) in [5, 5.41) is 2.69. The Hall–Kier alpha value is -3.41. The number of methoxy groups -OCH3 is 1. The van der Waals surface area contributed by atoms with Crippen molar-refractivity contribution < 1.29 is 26.4 Å². The Morgan fingerprint density at radius 1 is 0.857 bits per heavy atom. The lowest BCUT2D eigenvalue weighted by Crippen LogP contribution is -2.28. The van der Waals surface area contributed by atoms with E-state index in [1.54, 1.807) is 18.2 Å². The molecule has 0 aliphatic carbocycles. The number of hydrogen-bond acceptors (Lipinski definition) is 6. The maximum atomic E-state index is 12.9. The summed E-state index contributed by atoms with van der Waals surface area (Å²) < 4.78 is 60.0. The van der Waals surface area contributed by atoms with Gasteiger partial charge in [0.1, 0.15) is 5.75 Å². The van der Waals surface area contributed by atoms with Crippen LogP contribution < -0.4 is 14.8 Å². The van der Waals surface area contributed by atoms with Crippen molar-refractivity contribution in [2.24, 2.45) is 0 Å². The van der Waals surface area contributed by atoms with Crippen molar-refractivity contribution in [2.45, 2.75) is 22.6 Å². The molecule has 0 bridgehead atoms. The van der Waals surface area contributed by atoms with Crippen LogP contribution in [0.4, 0.5) is 11.4 Å². The van der Waals surface area contributed by atoms with Crippen LogP contribution in [0.1, 0.15) is 23.2 Å². The third kappa shape index (κ3) is 5.47. The van der Waals surface area contributed by atoms with Crippen molar-refractivity contribution in [2.75, 3.05) is 30.2 Å². The van der Waals surface area contributed by atoms with E-state index in [-0.39, 0.29) is 21.0 Å². The number of amides is 1. The smallest absolute Gasteiger partial charge is 0.261 e. The van der Waals surface area contributed by atoms with Crippen LogP contribution in [-0.4, -0.2) is 47.2 Å². The third-order valence-corrected chi connectivity index (χ3v) is 8.87. The van der Waals surface area contributed by atoms with Gasteiger partial charge < -0.3 is 10.1 Å². The Morgan fingerprint density at radius 3 is 2.14 bits per heavy atom. The molecule has 0 spiro atoms. The van der Waals surface area contributed by atoms with E-state index < -0.39 is 26.0 Å². The molecule has 3 aromatic rings. The van der Waals surface area contributed by atoms with Gasteiger partial charge in [0, 0.05) is 24.3 Å². The summed E-state index contributed by atoms with van der Waals surface area (Å²) in [6.07, 6.45) is 1.63. The molecule has 0 atom stereocenters. The second kappa shape index (κ2) is 10.1. The van der Waals surface area contributed by atoms with Crippen LogP contribution in [-0.2, 0) is 20.0 Å². The van der Waals surface area contributed by atoms with E-state index in [1.807, 2.05) is 0 Å². The molecule has 11 heteroatoms. The minimum absolute atomic E-state index is 0.0705. The largest absolute Gasteiger partial charge is 0.495 e. The Labute approximate surface area is 204 Å². The molecule has 1 heterocycles. The highest BCUT2D eigenvalue weighted by molar-refractivity contribution is 7.92. The van der Waals surface area contributed by atoms with E-state index >= 15 is 0 Å². The molecule has 1 amide bonds. The molecular weight excluding hydrogens is 490 g/mol. The van der Waals surface area contributed by atoms with Crippen molar-refractivity contribution in [3.05, 3.63) is 78.4 Å². The number of rotatable bonds is 8. The molecule has 2 N–H and O–H groups in total. The van der Waals surface area contributed by atoms with E-state index in [0.717, 1.165) is 12.8 Å². The number of benzene rings is 3. The lowest BCUT2D eigenvalue weighted by Gasteiger charge is -2.17. The second-order valence-electron chi connectivity index (χ2n) is 7.92. The second-order valence-corrected chi connectivity index (χ2v) is 11.5. The zero-order valence-corrected chi connectivity index (χ0v) is 20.6. The number of carbonyl (C=O) groups excluding carboxylic acids is 1. The molecule has 0 aromatic heterocycles. The first-order valence-corrected chi connectivity index (χ1v) is 13.8. The Balaban J connectivity index is 1.51. The van der Waals surface area contributed by atoms with Gasteiger partial charge in [-0.2, -0.15) is 4.31 Å². The molecule has 4 rings (SSSR count). The van der Waals surface area contributed by atoms with Gasteiger partial charge in [-0.1, -0.05) is 18.2 Å². The summed E-state index contributed by atoms with van der Waals surface area (Å²) in [7, 11) is -6.01. The number of hydrogen-bond donors (Lipinski definition) is 2. The number of nitrogens with one attached hydrogen (secondary N) is 2. The molecule has 1 saturated heterocycles. The predicted molar refractivity (Wildman–Crippen MR) is 133 cm³/mol. The van der Waals surface area contributed by atoms with Crippen LogP contribution in [0.25, 0.3) is 0 Å². The van der Waals surface area contributed by atoms with Crippen molar-refractivity contribution in [1.82, 2.24) is 4.31 Å². The fraction of sp³-hybridized carbons (Fsp3) is 0.208. The number of nitrogens with zero attached hydrogens (tertiary/aromatic N) is 1. The van der Waals surface area contributed by atoms with Crippen LogP contribution in [0.3, 0.4) is 0 Å². The highest BCUT2D eigenvalue weighted by Crippen LogP contribution is 2.30. The van der Waals surface area contributed by atoms with E-state index in [9.17, 15) is 21.6 Å². The van der Waals surface area contributed by atoms with Gasteiger partial charge in [-0.05, 0) is 67.4 Å². The molecule has 0 radical (unpaired) electrons. The SMILES string of the molecule is COc1ccc(S(=O)(=O)N2CCCC2)cc1NC(=O)c1ccc(NS(=O)(=O)c2ccccc2)cc1. The maximum Gasteiger partial charge on any atom is 0.261 e. The topological polar surface area (TPSA) is 122 Å². The summed E-state index contributed by atoms with van der Waals surface area (Å²) >= 11 is 0. The average Bonchev–Trinajstić information content (AvgIpc) is 3.41.